The molecule has 0 saturated carbocycles. The van der Waals surface area contributed by atoms with Gasteiger partial charge >= 0.3 is 6.09 Å². The molecule has 0 bridgehead atoms. The van der Waals surface area contributed by atoms with Crippen molar-refractivity contribution in [2.75, 3.05) is 26.2 Å². The van der Waals surface area contributed by atoms with Crippen molar-refractivity contribution in [2.24, 2.45) is 0 Å². The zero-order chi connectivity index (χ0) is 9.84. The van der Waals surface area contributed by atoms with Crippen molar-refractivity contribution < 1.29 is 9.90 Å². The maximum absolute atomic E-state index is 10.7. The van der Waals surface area contributed by atoms with E-state index in [1.165, 1.54) is 4.90 Å². The highest BCUT2D eigenvalue weighted by atomic mass is 16.4. The summed E-state index contributed by atoms with van der Waals surface area (Å²) >= 11 is 0. The maximum atomic E-state index is 10.7. The number of hydrogen-bond donors (Lipinski definition) is 1. The summed E-state index contributed by atoms with van der Waals surface area (Å²) in [4.78, 5) is 14.4. The monoisotopic (exact) mass is 186 g/mol. The van der Waals surface area contributed by atoms with E-state index in [1.807, 2.05) is 0 Å². The van der Waals surface area contributed by atoms with Crippen LogP contribution in [0.3, 0.4) is 0 Å². The Bertz CT molecular complexity index is 180. The predicted molar refractivity (Wildman–Crippen MR) is 50.9 cm³/mol. The summed E-state index contributed by atoms with van der Waals surface area (Å²) in [5, 5.41) is 8.77. The van der Waals surface area contributed by atoms with Crippen LogP contribution in [-0.4, -0.2) is 53.2 Å². The number of hydrogen-bond acceptors (Lipinski definition) is 2. The lowest BCUT2D eigenvalue weighted by atomic mass is 10.0. The zero-order valence-corrected chi connectivity index (χ0v) is 8.36. The molecule has 0 aromatic heterocycles. The number of amides is 1. The molecule has 0 radical (unpaired) electrons. The van der Waals surface area contributed by atoms with E-state index >= 15 is 0 Å². The molecule has 1 saturated heterocycles. The highest BCUT2D eigenvalue weighted by molar-refractivity contribution is 5.66. The van der Waals surface area contributed by atoms with E-state index in [0.29, 0.717) is 6.54 Å². The lowest BCUT2D eigenvalue weighted by molar-refractivity contribution is 0.0560. The molecule has 1 amide bonds. The van der Waals surface area contributed by atoms with E-state index in [4.69, 9.17) is 5.11 Å². The Morgan fingerprint density at radius 1 is 1.54 bits per heavy atom. The van der Waals surface area contributed by atoms with Gasteiger partial charge in [0, 0.05) is 19.1 Å². The first kappa shape index (κ1) is 10.3. The second-order valence-electron chi connectivity index (χ2n) is 3.40. The second kappa shape index (κ2) is 4.46. The molecule has 1 rings (SSSR count). The van der Waals surface area contributed by atoms with Crippen molar-refractivity contribution in [3.63, 3.8) is 0 Å². The highest BCUT2D eigenvalue weighted by Gasteiger charge is 2.32. The molecule has 1 atom stereocenters. The molecule has 1 aliphatic rings. The lowest BCUT2D eigenvalue weighted by Crippen LogP contribution is -2.55. The standard InChI is InChI=1S/C9H18N2O2/c1-3-10(4-2)7-8-5-6-11(8)9(12)13/h8H,3-7H2,1-2H3,(H,12,13)/t8-/m1/s1. The van der Waals surface area contributed by atoms with Gasteiger partial charge in [0.25, 0.3) is 0 Å². The summed E-state index contributed by atoms with van der Waals surface area (Å²) in [5.41, 5.74) is 0. The quantitative estimate of drug-likeness (QED) is 0.714. The van der Waals surface area contributed by atoms with Gasteiger partial charge in [-0.2, -0.15) is 0 Å². The van der Waals surface area contributed by atoms with Gasteiger partial charge in [0.1, 0.15) is 0 Å². The third kappa shape index (κ3) is 2.34. The fraction of sp³-hybridized carbons (Fsp3) is 0.889. The summed E-state index contributed by atoms with van der Waals surface area (Å²) in [6, 6.07) is 0.234. The first-order valence-electron chi connectivity index (χ1n) is 4.91. The van der Waals surface area contributed by atoms with Crippen molar-refractivity contribution >= 4 is 6.09 Å². The fourth-order valence-electron chi connectivity index (χ4n) is 1.66. The molecule has 1 heterocycles. The predicted octanol–water partition coefficient (Wildman–Crippen LogP) is 1.08. The van der Waals surface area contributed by atoms with Crippen LogP contribution in [0.4, 0.5) is 4.79 Å². The largest absolute Gasteiger partial charge is 0.465 e. The minimum Gasteiger partial charge on any atom is -0.465 e. The summed E-state index contributed by atoms with van der Waals surface area (Å²) in [6.07, 6.45) is 0.242. The van der Waals surface area contributed by atoms with Crippen molar-refractivity contribution in [1.82, 2.24) is 9.80 Å². The van der Waals surface area contributed by atoms with Gasteiger partial charge in [0.05, 0.1) is 0 Å². The van der Waals surface area contributed by atoms with Gasteiger partial charge < -0.3 is 14.9 Å². The molecule has 1 N–H and O–H groups in total. The number of likely N-dealkylation sites (tertiary alicyclic amines) is 1. The van der Waals surface area contributed by atoms with Gasteiger partial charge in [-0.05, 0) is 19.5 Å². The Balaban J connectivity index is 2.32. The third-order valence-corrected chi connectivity index (χ3v) is 2.75. The average molecular weight is 186 g/mol. The fourth-order valence-corrected chi connectivity index (χ4v) is 1.66. The van der Waals surface area contributed by atoms with Crippen LogP contribution in [0.1, 0.15) is 20.3 Å². The van der Waals surface area contributed by atoms with E-state index in [1.54, 1.807) is 0 Å². The molecular formula is C9H18N2O2. The van der Waals surface area contributed by atoms with Gasteiger partial charge in [-0.15, -0.1) is 0 Å². The van der Waals surface area contributed by atoms with Crippen LogP contribution in [-0.2, 0) is 0 Å². The minimum atomic E-state index is -0.775. The summed E-state index contributed by atoms with van der Waals surface area (Å²) in [6.45, 7) is 7.81. The molecule has 0 aliphatic carbocycles. The molecule has 4 heteroatoms. The van der Waals surface area contributed by atoms with Gasteiger partial charge in [-0.3, -0.25) is 0 Å². The van der Waals surface area contributed by atoms with E-state index in [0.717, 1.165) is 26.1 Å². The molecule has 4 nitrogen and oxygen atoms in total. The van der Waals surface area contributed by atoms with E-state index in [2.05, 4.69) is 18.7 Å². The highest BCUT2D eigenvalue weighted by Crippen LogP contribution is 2.18. The molecule has 1 fully saturated rings. The van der Waals surface area contributed by atoms with Crippen LogP contribution in [0.25, 0.3) is 0 Å². The van der Waals surface area contributed by atoms with Gasteiger partial charge in [0.15, 0.2) is 0 Å². The third-order valence-electron chi connectivity index (χ3n) is 2.75. The van der Waals surface area contributed by atoms with Crippen molar-refractivity contribution in [3.8, 4) is 0 Å². The smallest absolute Gasteiger partial charge is 0.407 e. The van der Waals surface area contributed by atoms with Gasteiger partial charge in [-0.1, -0.05) is 13.8 Å². The van der Waals surface area contributed by atoms with Gasteiger partial charge in [-0.25, -0.2) is 4.79 Å². The summed E-state index contributed by atoms with van der Waals surface area (Å²) < 4.78 is 0. The maximum Gasteiger partial charge on any atom is 0.407 e. The Morgan fingerprint density at radius 3 is 2.46 bits per heavy atom. The van der Waals surface area contributed by atoms with E-state index in [9.17, 15) is 4.79 Å². The summed E-state index contributed by atoms with van der Waals surface area (Å²) in [7, 11) is 0. The first-order chi connectivity index (χ1) is 6.19. The lowest BCUT2D eigenvalue weighted by Gasteiger charge is -2.41. The zero-order valence-electron chi connectivity index (χ0n) is 8.36. The van der Waals surface area contributed by atoms with Crippen molar-refractivity contribution in [1.29, 1.82) is 0 Å². The Hall–Kier alpha value is -0.770. The van der Waals surface area contributed by atoms with Crippen LogP contribution >= 0.6 is 0 Å². The van der Waals surface area contributed by atoms with Crippen molar-refractivity contribution in [3.05, 3.63) is 0 Å². The molecule has 0 spiro atoms. The topological polar surface area (TPSA) is 43.8 Å². The molecular weight excluding hydrogens is 168 g/mol. The first-order valence-corrected chi connectivity index (χ1v) is 4.91. The Morgan fingerprint density at radius 2 is 2.15 bits per heavy atom. The minimum absolute atomic E-state index is 0.234. The Labute approximate surface area is 79.1 Å². The molecule has 0 aromatic carbocycles. The molecule has 0 aromatic rings. The van der Waals surface area contributed by atoms with E-state index in [-0.39, 0.29) is 6.04 Å². The van der Waals surface area contributed by atoms with E-state index < -0.39 is 6.09 Å². The molecule has 0 unspecified atom stereocenters. The Kier molecular flexibility index (Phi) is 3.54. The number of likely N-dealkylation sites (N-methyl/N-ethyl adjacent to an activating group) is 1. The van der Waals surface area contributed by atoms with Crippen LogP contribution in [0, 0.1) is 0 Å². The van der Waals surface area contributed by atoms with Crippen LogP contribution < -0.4 is 0 Å². The normalized spacial score (nSPS) is 21.8. The number of rotatable bonds is 4. The SMILES string of the molecule is CCN(CC)C[C@H]1CCN1C(=O)O. The van der Waals surface area contributed by atoms with Gasteiger partial charge in [0.2, 0.25) is 0 Å². The van der Waals surface area contributed by atoms with Crippen LogP contribution in [0.2, 0.25) is 0 Å². The molecule has 13 heavy (non-hydrogen) atoms. The van der Waals surface area contributed by atoms with Crippen LogP contribution in [0.5, 0.6) is 0 Å². The number of carbonyl (C=O) groups is 1. The number of nitrogens with zero attached hydrogens (tertiary/aromatic N) is 2. The summed E-state index contributed by atoms with van der Waals surface area (Å²) in [5.74, 6) is 0. The van der Waals surface area contributed by atoms with Crippen molar-refractivity contribution in [2.45, 2.75) is 26.3 Å². The number of carboxylic acid groups (broad SMARTS) is 1. The molecule has 76 valence electrons. The molecule has 1 aliphatic heterocycles. The average Bonchev–Trinajstić information content (AvgIpc) is 2.03. The second-order valence-corrected chi connectivity index (χ2v) is 3.40. The van der Waals surface area contributed by atoms with Crippen LogP contribution in [0.15, 0.2) is 0 Å².